The van der Waals surface area contributed by atoms with Crippen LogP contribution in [-0.4, -0.2) is 51.0 Å². The lowest BCUT2D eigenvalue weighted by molar-refractivity contribution is 0.0736. The Kier molecular flexibility index (Phi) is 5.79. The van der Waals surface area contributed by atoms with Gasteiger partial charge < -0.3 is 15.4 Å². The topological polar surface area (TPSA) is 86.3 Å². The summed E-state index contributed by atoms with van der Waals surface area (Å²) in [5.74, 6) is 1.11. The fraction of sp³-hybridized carbons (Fsp3) is 0.550. The number of hydrogen-bond acceptors (Lipinski definition) is 5. The van der Waals surface area contributed by atoms with Gasteiger partial charge in [-0.15, -0.1) is 5.10 Å². The van der Waals surface area contributed by atoms with Crippen LogP contribution in [0, 0.1) is 5.92 Å². The number of nitrogens with zero attached hydrogens (tertiary/aromatic N) is 4. The van der Waals surface area contributed by atoms with Gasteiger partial charge in [0.1, 0.15) is 5.75 Å². The second-order valence-electron chi connectivity index (χ2n) is 7.45. The smallest absolute Gasteiger partial charge is 0.276 e. The molecule has 1 saturated heterocycles. The average molecular weight is 371 g/mol. The van der Waals surface area contributed by atoms with E-state index >= 15 is 0 Å². The van der Waals surface area contributed by atoms with E-state index in [1.54, 1.807) is 4.68 Å². The largest absolute Gasteiger partial charge is 0.491 e. The van der Waals surface area contributed by atoms with Gasteiger partial charge in [-0.3, -0.25) is 4.79 Å². The molecule has 0 saturated carbocycles. The molecule has 0 aliphatic carbocycles. The molecule has 2 N–H and O–H groups in total. The molecule has 27 heavy (non-hydrogen) atoms. The number of rotatable bonds is 6. The Morgan fingerprint density at radius 1 is 1.33 bits per heavy atom. The van der Waals surface area contributed by atoms with Gasteiger partial charge >= 0.3 is 0 Å². The third kappa shape index (κ3) is 3.98. The highest BCUT2D eigenvalue weighted by molar-refractivity contribution is 5.93. The summed E-state index contributed by atoms with van der Waals surface area (Å²) in [7, 11) is 0. The molecule has 3 rings (SSSR count). The van der Waals surface area contributed by atoms with Gasteiger partial charge in [0.15, 0.2) is 5.69 Å². The van der Waals surface area contributed by atoms with Crippen molar-refractivity contribution >= 4 is 5.91 Å². The molecular formula is C20H29N5O2. The first-order valence-corrected chi connectivity index (χ1v) is 9.67. The Hall–Kier alpha value is -2.41. The van der Waals surface area contributed by atoms with Crippen molar-refractivity contribution in [2.45, 2.75) is 52.7 Å². The van der Waals surface area contributed by atoms with Crippen molar-refractivity contribution in [2.24, 2.45) is 11.7 Å². The Balaban J connectivity index is 1.86. The van der Waals surface area contributed by atoms with Crippen LogP contribution in [0.2, 0.25) is 0 Å². The minimum atomic E-state index is -0.0543. The third-order valence-corrected chi connectivity index (χ3v) is 5.01. The maximum Gasteiger partial charge on any atom is 0.276 e. The quantitative estimate of drug-likeness (QED) is 0.843. The summed E-state index contributed by atoms with van der Waals surface area (Å²) in [4.78, 5) is 14.9. The van der Waals surface area contributed by atoms with Gasteiger partial charge in [0.25, 0.3) is 5.91 Å². The monoisotopic (exact) mass is 371 g/mol. The Bertz CT molecular complexity index is 784. The molecule has 2 aromatic rings. The van der Waals surface area contributed by atoms with E-state index < -0.39 is 0 Å². The Morgan fingerprint density at radius 2 is 2.04 bits per heavy atom. The number of benzene rings is 1. The predicted molar refractivity (Wildman–Crippen MR) is 104 cm³/mol. The molecule has 7 heteroatoms. The lowest BCUT2D eigenvalue weighted by Crippen LogP contribution is -2.35. The van der Waals surface area contributed by atoms with Crippen molar-refractivity contribution in [2.75, 3.05) is 13.1 Å². The molecule has 0 spiro atoms. The normalized spacial score (nSPS) is 19.7. The molecular weight excluding hydrogens is 342 g/mol. The molecule has 0 bridgehead atoms. The molecule has 1 aliphatic rings. The zero-order valence-corrected chi connectivity index (χ0v) is 16.6. The molecule has 146 valence electrons. The van der Waals surface area contributed by atoms with Crippen LogP contribution in [0.4, 0.5) is 0 Å². The molecule has 1 amide bonds. The number of amides is 1. The number of nitrogens with two attached hydrogens (primary N) is 1. The van der Waals surface area contributed by atoms with Gasteiger partial charge in [-0.25, -0.2) is 4.68 Å². The second kappa shape index (κ2) is 8.08. The average Bonchev–Trinajstić information content (AvgIpc) is 3.24. The lowest BCUT2D eigenvalue weighted by Gasteiger charge is -2.20. The van der Waals surface area contributed by atoms with E-state index in [9.17, 15) is 4.79 Å². The first kappa shape index (κ1) is 19.4. The van der Waals surface area contributed by atoms with Crippen LogP contribution in [0.5, 0.6) is 5.75 Å². The maximum absolute atomic E-state index is 13.1. The summed E-state index contributed by atoms with van der Waals surface area (Å²) in [6.45, 7) is 9.36. The van der Waals surface area contributed by atoms with Gasteiger partial charge in [-0.2, -0.15) is 0 Å². The van der Waals surface area contributed by atoms with Gasteiger partial charge in [0, 0.05) is 12.6 Å². The van der Waals surface area contributed by atoms with Crippen LogP contribution < -0.4 is 10.5 Å². The highest BCUT2D eigenvalue weighted by Gasteiger charge is 2.34. The van der Waals surface area contributed by atoms with Crippen molar-refractivity contribution < 1.29 is 9.53 Å². The van der Waals surface area contributed by atoms with Gasteiger partial charge in [0.05, 0.1) is 17.5 Å². The summed E-state index contributed by atoms with van der Waals surface area (Å²) >= 11 is 0. The molecule has 1 aromatic heterocycles. The molecule has 2 heterocycles. The van der Waals surface area contributed by atoms with Crippen LogP contribution in [0.3, 0.4) is 0 Å². The summed E-state index contributed by atoms with van der Waals surface area (Å²) in [5.41, 5.74) is 7.91. The summed E-state index contributed by atoms with van der Waals surface area (Å²) in [6.07, 6.45) is 1.73. The predicted octanol–water partition coefficient (Wildman–Crippen LogP) is 2.43. The number of carbonyl (C=O) groups is 1. The molecule has 7 nitrogen and oxygen atoms in total. The van der Waals surface area contributed by atoms with Crippen LogP contribution in [-0.2, 0) is 6.42 Å². The minimum Gasteiger partial charge on any atom is -0.491 e. The van der Waals surface area contributed by atoms with Crippen molar-refractivity contribution in [1.29, 1.82) is 0 Å². The molecule has 1 fully saturated rings. The molecule has 1 aromatic carbocycles. The highest BCUT2D eigenvalue weighted by atomic mass is 16.5. The van der Waals surface area contributed by atoms with E-state index in [4.69, 9.17) is 10.5 Å². The van der Waals surface area contributed by atoms with E-state index in [0.717, 1.165) is 23.6 Å². The molecule has 1 aliphatic heterocycles. The zero-order chi connectivity index (χ0) is 19.6. The van der Waals surface area contributed by atoms with E-state index in [-0.39, 0.29) is 18.1 Å². The highest BCUT2D eigenvalue weighted by Crippen LogP contribution is 2.25. The third-order valence-electron chi connectivity index (χ3n) is 5.01. The molecule has 2 unspecified atom stereocenters. The minimum absolute atomic E-state index is 0.0543. The zero-order valence-electron chi connectivity index (χ0n) is 16.6. The number of aromatic nitrogens is 3. The molecule has 0 radical (unpaired) electrons. The van der Waals surface area contributed by atoms with Crippen LogP contribution in [0.25, 0.3) is 5.69 Å². The number of likely N-dealkylation sites (tertiary alicyclic amines) is 1. The fourth-order valence-electron chi connectivity index (χ4n) is 3.66. The van der Waals surface area contributed by atoms with Crippen molar-refractivity contribution in [3.8, 4) is 11.4 Å². The standard InChI is InChI=1S/C20H29N5O2/c1-5-18-19(20(26)24-12-15(11-21)10-14(24)4)22-23-25(18)16-6-8-17(9-7-16)27-13(2)3/h6-9,13-15H,5,10-12,21H2,1-4H3. The van der Waals surface area contributed by atoms with Crippen molar-refractivity contribution in [3.63, 3.8) is 0 Å². The van der Waals surface area contributed by atoms with Crippen molar-refractivity contribution in [3.05, 3.63) is 35.7 Å². The summed E-state index contributed by atoms with van der Waals surface area (Å²) < 4.78 is 7.43. The van der Waals surface area contributed by atoms with Crippen LogP contribution in [0.15, 0.2) is 24.3 Å². The lowest BCUT2D eigenvalue weighted by atomic mass is 10.1. The first-order chi connectivity index (χ1) is 12.9. The Morgan fingerprint density at radius 3 is 2.59 bits per heavy atom. The Labute approximate surface area is 160 Å². The van der Waals surface area contributed by atoms with Gasteiger partial charge in [0.2, 0.25) is 0 Å². The number of ether oxygens (including phenoxy) is 1. The first-order valence-electron chi connectivity index (χ1n) is 9.67. The molecule has 2 atom stereocenters. The van der Waals surface area contributed by atoms with Crippen LogP contribution in [0.1, 0.15) is 50.3 Å². The van der Waals surface area contributed by atoms with Gasteiger partial charge in [-0.05, 0) is 70.3 Å². The van der Waals surface area contributed by atoms with Crippen LogP contribution >= 0.6 is 0 Å². The number of hydrogen-bond donors (Lipinski definition) is 1. The fourth-order valence-corrected chi connectivity index (χ4v) is 3.66. The van der Waals surface area contributed by atoms with Gasteiger partial charge in [-0.1, -0.05) is 12.1 Å². The maximum atomic E-state index is 13.1. The SMILES string of the molecule is CCc1c(C(=O)N2CC(CN)CC2C)nnn1-c1ccc(OC(C)C)cc1. The van der Waals surface area contributed by atoms with Crippen molar-refractivity contribution in [1.82, 2.24) is 19.9 Å². The van der Waals surface area contributed by atoms with E-state index in [1.165, 1.54) is 0 Å². The number of carbonyl (C=O) groups excluding carboxylic acids is 1. The van der Waals surface area contributed by atoms with E-state index in [1.807, 2.05) is 49.9 Å². The second-order valence-corrected chi connectivity index (χ2v) is 7.45. The summed E-state index contributed by atoms with van der Waals surface area (Å²) in [5, 5.41) is 8.48. The summed E-state index contributed by atoms with van der Waals surface area (Å²) in [6, 6.07) is 7.86. The van der Waals surface area contributed by atoms with E-state index in [2.05, 4.69) is 17.2 Å². The van der Waals surface area contributed by atoms with E-state index in [0.29, 0.717) is 31.1 Å².